The molecule has 2 heterocycles. The van der Waals surface area contributed by atoms with Crippen molar-refractivity contribution >= 4 is 11.6 Å². The first-order chi connectivity index (χ1) is 10.1. The molecule has 0 saturated carbocycles. The third-order valence-electron chi connectivity index (χ3n) is 3.51. The third kappa shape index (κ3) is 4.04. The van der Waals surface area contributed by atoms with E-state index in [4.69, 9.17) is 9.47 Å². The molecule has 6 nitrogen and oxygen atoms in total. The quantitative estimate of drug-likeness (QED) is 0.866. The molecule has 1 N–H and O–H groups in total. The van der Waals surface area contributed by atoms with Crippen molar-refractivity contribution in [2.75, 3.05) is 43.6 Å². The van der Waals surface area contributed by atoms with Crippen LogP contribution in [-0.2, 0) is 16.1 Å². The minimum atomic E-state index is -0.0705. The highest BCUT2D eigenvalue weighted by Gasteiger charge is 2.32. The fraction of sp³-hybridized carbons (Fsp3) is 0.733. The van der Waals surface area contributed by atoms with Gasteiger partial charge in [-0.3, -0.25) is 0 Å². The summed E-state index contributed by atoms with van der Waals surface area (Å²) in [6, 6.07) is 2.02. The molecule has 21 heavy (non-hydrogen) atoms. The lowest BCUT2D eigenvalue weighted by atomic mass is 10.0. The monoisotopic (exact) mass is 294 g/mol. The van der Waals surface area contributed by atoms with E-state index in [9.17, 15) is 0 Å². The van der Waals surface area contributed by atoms with Crippen LogP contribution in [0.15, 0.2) is 6.07 Å². The summed E-state index contributed by atoms with van der Waals surface area (Å²) in [5.41, 5.74) is -0.0705. The highest BCUT2D eigenvalue weighted by molar-refractivity contribution is 5.51. The first-order valence-corrected chi connectivity index (χ1v) is 7.53. The van der Waals surface area contributed by atoms with Gasteiger partial charge in [0.25, 0.3) is 0 Å². The number of hydrogen-bond acceptors (Lipinski definition) is 6. The van der Waals surface area contributed by atoms with Gasteiger partial charge in [-0.1, -0.05) is 6.92 Å². The zero-order chi connectivity index (χ0) is 15.3. The van der Waals surface area contributed by atoms with Crippen LogP contribution >= 0.6 is 0 Å². The van der Waals surface area contributed by atoms with E-state index in [1.807, 2.05) is 6.07 Å². The molecule has 0 bridgehead atoms. The van der Waals surface area contributed by atoms with Crippen molar-refractivity contribution in [1.82, 2.24) is 9.97 Å². The highest BCUT2D eigenvalue weighted by Crippen LogP contribution is 2.27. The van der Waals surface area contributed by atoms with Crippen LogP contribution in [0.1, 0.15) is 33.0 Å². The Morgan fingerprint density at radius 2 is 2.24 bits per heavy atom. The van der Waals surface area contributed by atoms with Gasteiger partial charge in [-0.15, -0.1) is 0 Å². The first kappa shape index (κ1) is 16.0. The summed E-state index contributed by atoms with van der Waals surface area (Å²) in [5, 5.41) is 3.34. The standard InChI is InChI=1S/C15H26N4O2/c1-5-6-16-12-9-14(18-13(17-12)10-20-4)19-7-8-21-11-15(19,2)3/h9H,5-8,10-11H2,1-4H3,(H,16,17,18). The number of ether oxygens (including phenoxy) is 2. The van der Waals surface area contributed by atoms with E-state index in [0.717, 1.165) is 37.8 Å². The molecule has 1 aliphatic heterocycles. The van der Waals surface area contributed by atoms with Gasteiger partial charge in [0.2, 0.25) is 0 Å². The normalized spacial score (nSPS) is 17.8. The average molecular weight is 294 g/mol. The fourth-order valence-corrected chi connectivity index (χ4v) is 2.44. The Labute approximate surface area is 126 Å². The molecule has 0 aromatic carbocycles. The van der Waals surface area contributed by atoms with Gasteiger partial charge < -0.3 is 19.7 Å². The molecular formula is C15H26N4O2. The SMILES string of the molecule is CCCNc1cc(N2CCOCC2(C)C)nc(COC)n1. The van der Waals surface area contributed by atoms with Gasteiger partial charge in [0.1, 0.15) is 18.2 Å². The highest BCUT2D eigenvalue weighted by atomic mass is 16.5. The Balaban J connectivity index is 2.29. The van der Waals surface area contributed by atoms with Gasteiger partial charge >= 0.3 is 0 Å². The Bertz CT molecular complexity index is 465. The van der Waals surface area contributed by atoms with Gasteiger partial charge in [0.15, 0.2) is 5.82 Å². The molecular weight excluding hydrogens is 268 g/mol. The lowest BCUT2D eigenvalue weighted by Crippen LogP contribution is -2.53. The summed E-state index contributed by atoms with van der Waals surface area (Å²) in [5.74, 6) is 2.50. The Hall–Kier alpha value is -1.40. The topological polar surface area (TPSA) is 59.5 Å². The summed E-state index contributed by atoms with van der Waals surface area (Å²) in [7, 11) is 1.66. The van der Waals surface area contributed by atoms with Crippen molar-refractivity contribution in [3.8, 4) is 0 Å². The van der Waals surface area contributed by atoms with Crippen LogP contribution in [0.5, 0.6) is 0 Å². The third-order valence-corrected chi connectivity index (χ3v) is 3.51. The van der Waals surface area contributed by atoms with E-state index in [1.54, 1.807) is 7.11 Å². The molecule has 2 rings (SSSR count). The zero-order valence-electron chi connectivity index (χ0n) is 13.5. The van der Waals surface area contributed by atoms with Crippen LogP contribution < -0.4 is 10.2 Å². The van der Waals surface area contributed by atoms with Gasteiger partial charge in [-0.2, -0.15) is 0 Å². The van der Waals surface area contributed by atoms with Crippen molar-refractivity contribution in [1.29, 1.82) is 0 Å². The predicted molar refractivity (Wildman–Crippen MR) is 83.8 cm³/mol. The molecule has 0 radical (unpaired) electrons. The second kappa shape index (κ2) is 7.04. The smallest absolute Gasteiger partial charge is 0.158 e. The summed E-state index contributed by atoms with van der Waals surface area (Å²) in [6.07, 6.45) is 1.06. The van der Waals surface area contributed by atoms with Crippen LogP contribution in [0.3, 0.4) is 0 Å². The van der Waals surface area contributed by atoms with E-state index in [-0.39, 0.29) is 5.54 Å². The zero-order valence-corrected chi connectivity index (χ0v) is 13.5. The van der Waals surface area contributed by atoms with Crippen molar-refractivity contribution in [3.63, 3.8) is 0 Å². The second-order valence-electron chi connectivity index (χ2n) is 5.90. The minimum Gasteiger partial charge on any atom is -0.377 e. The number of aromatic nitrogens is 2. The van der Waals surface area contributed by atoms with Crippen LogP contribution in [0.4, 0.5) is 11.6 Å². The number of anilines is 2. The molecule has 1 aromatic rings. The number of rotatable bonds is 6. The Kier molecular flexibility index (Phi) is 5.36. The molecule has 0 atom stereocenters. The van der Waals surface area contributed by atoms with Crippen molar-refractivity contribution < 1.29 is 9.47 Å². The van der Waals surface area contributed by atoms with Crippen LogP contribution in [0.25, 0.3) is 0 Å². The van der Waals surface area contributed by atoms with Gasteiger partial charge in [-0.05, 0) is 20.3 Å². The van der Waals surface area contributed by atoms with E-state index in [0.29, 0.717) is 19.0 Å². The molecule has 1 aliphatic rings. The molecule has 0 unspecified atom stereocenters. The lowest BCUT2D eigenvalue weighted by Gasteiger charge is -2.43. The largest absolute Gasteiger partial charge is 0.377 e. The number of hydrogen-bond donors (Lipinski definition) is 1. The number of morpholine rings is 1. The van der Waals surface area contributed by atoms with Crippen LogP contribution in [-0.4, -0.2) is 48.9 Å². The second-order valence-corrected chi connectivity index (χ2v) is 5.90. The lowest BCUT2D eigenvalue weighted by molar-refractivity contribution is 0.0638. The summed E-state index contributed by atoms with van der Waals surface area (Å²) >= 11 is 0. The molecule has 0 aliphatic carbocycles. The number of methoxy groups -OCH3 is 1. The van der Waals surface area contributed by atoms with Gasteiger partial charge in [0, 0.05) is 26.3 Å². The average Bonchev–Trinajstić information content (AvgIpc) is 2.44. The fourth-order valence-electron chi connectivity index (χ4n) is 2.44. The Morgan fingerprint density at radius 3 is 2.90 bits per heavy atom. The van der Waals surface area contributed by atoms with Crippen molar-refractivity contribution in [3.05, 3.63) is 11.9 Å². The minimum absolute atomic E-state index is 0.0705. The molecule has 6 heteroatoms. The number of nitrogens with zero attached hydrogens (tertiary/aromatic N) is 3. The van der Waals surface area contributed by atoms with E-state index >= 15 is 0 Å². The Morgan fingerprint density at radius 1 is 1.43 bits per heavy atom. The van der Waals surface area contributed by atoms with E-state index in [1.165, 1.54) is 0 Å². The van der Waals surface area contributed by atoms with Crippen molar-refractivity contribution in [2.45, 2.75) is 39.3 Å². The summed E-state index contributed by atoms with van der Waals surface area (Å²) < 4.78 is 10.8. The van der Waals surface area contributed by atoms with Crippen LogP contribution in [0.2, 0.25) is 0 Å². The molecule has 1 aromatic heterocycles. The first-order valence-electron chi connectivity index (χ1n) is 7.53. The summed E-state index contributed by atoms with van der Waals surface area (Å²) in [6.45, 7) is 10.1. The maximum atomic E-state index is 5.58. The molecule has 0 spiro atoms. The number of nitrogens with one attached hydrogen (secondary N) is 1. The van der Waals surface area contributed by atoms with E-state index in [2.05, 4.69) is 41.0 Å². The van der Waals surface area contributed by atoms with Crippen molar-refractivity contribution in [2.24, 2.45) is 0 Å². The summed E-state index contributed by atoms with van der Waals surface area (Å²) in [4.78, 5) is 11.4. The molecule has 118 valence electrons. The van der Waals surface area contributed by atoms with Crippen LogP contribution in [0, 0.1) is 0 Å². The maximum absolute atomic E-state index is 5.58. The molecule has 1 fully saturated rings. The van der Waals surface area contributed by atoms with Gasteiger partial charge in [0.05, 0.1) is 18.8 Å². The van der Waals surface area contributed by atoms with E-state index < -0.39 is 0 Å². The maximum Gasteiger partial charge on any atom is 0.158 e. The predicted octanol–water partition coefficient (Wildman–Crippen LogP) is 2.06. The molecule has 0 amide bonds. The van der Waals surface area contributed by atoms with Gasteiger partial charge in [-0.25, -0.2) is 9.97 Å². The molecule has 1 saturated heterocycles.